The summed E-state index contributed by atoms with van der Waals surface area (Å²) in [6.45, 7) is 5.50. The van der Waals surface area contributed by atoms with Gasteiger partial charge < -0.3 is 23.7 Å². The van der Waals surface area contributed by atoms with Crippen LogP contribution in [0.5, 0.6) is 0 Å². The van der Waals surface area contributed by atoms with E-state index in [1.807, 2.05) is 60.7 Å². The number of Topliss-reactive ketones (excluding diaryl/α,β-unsaturated/α-hetero) is 1. The molecule has 2 aliphatic rings. The fraction of sp³-hybridized carbons (Fsp3) is 0.407. The van der Waals surface area contributed by atoms with Crippen molar-refractivity contribution in [2.45, 2.75) is 57.2 Å². The molecule has 0 aliphatic carbocycles. The molecule has 186 valence electrons. The van der Waals surface area contributed by atoms with Gasteiger partial charge in [0.05, 0.1) is 24.7 Å². The molecule has 2 aromatic rings. The van der Waals surface area contributed by atoms with Crippen LogP contribution < -0.4 is 0 Å². The number of esters is 1. The Kier molecular flexibility index (Phi) is 8.28. The van der Waals surface area contributed by atoms with E-state index in [4.69, 9.17) is 23.7 Å². The number of carbonyl (C=O) groups excluding carboxylic acids is 2. The first-order chi connectivity index (χ1) is 16.9. The summed E-state index contributed by atoms with van der Waals surface area (Å²) in [6, 6.07) is 19.5. The third-order valence-electron chi connectivity index (χ3n) is 5.82. The van der Waals surface area contributed by atoms with Crippen molar-refractivity contribution in [1.29, 1.82) is 0 Å². The molecule has 0 bridgehead atoms. The van der Waals surface area contributed by atoms with Gasteiger partial charge in [0.2, 0.25) is 5.79 Å². The van der Waals surface area contributed by atoms with Gasteiger partial charge in [-0.05, 0) is 25.0 Å². The third kappa shape index (κ3) is 6.13. The maximum absolute atomic E-state index is 12.3. The number of thioether (sulfide) groups is 1. The molecule has 1 fully saturated rings. The van der Waals surface area contributed by atoms with Crippen molar-refractivity contribution in [1.82, 2.24) is 0 Å². The van der Waals surface area contributed by atoms with E-state index in [9.17, 15) is 9.59 Å². The second kappa shape index (κ2) is 11.4. The number of fused-ring (bicyclic) bond motifs is 1. The minimum Gasteiger partial charge on any atom is -0.462 e. The summed E-state index contributed by atoms with van der Waals surface area (Å²) >= 11 is 1.30. The van der Waals surface area contributed by atoms with Crippen LogP contribution >= 0.6 is 11.8 Å². The lowest BCUT2D eigenvalue weighted by Gasteiger charge is -2.50. The topological polar surface area (TPSA) is 80.3 Å². The van der Waals surface area contributed by atoms with E-state index in [1.165, 1.54) is 25.6 Å². The zero-order valence-corrected chi connectivity index (χ0v) is 20.9. The van der Waals surface area contributed by atoms with Gasteiger partial charge in [-0.15, -0.1) is 11.8 Å². The van der Waals surface area contributed by atoms with Gasteiger partial charge >= 0.3 is 5.97 Å². The molecule has 2 aliphatic heterocycles. The number of carbonyl (C=O) groups is 2. The number of benzene rings is 2. The third-order valence-corrected chi connectivity index (χ3v) is 7.52. The van der Waals surface area contributed by atoms with Crippen LogP contribution in [0.15, 0.2) is 71.3 Å². The quantitative estimate of drug-likeness (QED) is 0.471. The van der Waals surface area contributed by atoms with Crippen LogP contribution in [-0.2, 0) is 46.5 Å². The summed E-state index contributed by atoms with van der Waals surface area (Å²) in [6.07, 6.45) is -1.26. The van der Waals surface area contributed by atoms with Gasteiger partial charge in [-0.25, -0.2) is 0 Å². The monoisotopic (exact) mass is 498 g/mol. The van der Waals surface area contributed by atoms with Crippen LogP contribution in [0.2, 0.25) is 0 Å². The first kappa shape index (κ1) is 25.4. The van der Waals surface area contributed by atoms with Gasteiger partial charge in [0, 0.05) is 6.92 Å². The Morgan fingerprint density at radius 2 is 1.63 bits per heavy atom. The maximum Gasteiger partial charge on any atom is 0.303 e. The van der Waals surface area contributed by atoms with E-state index < -0.39 is 29.2 Å². The molecule has 0 unspecified atom stereocenters. The zero-order valence-electron chi connectivity index (χ0n) is 20.1. The molecule has 0 saturated carbocycles. The number of rotatable bonds is 9. The number of hydrogen-bond acceptors (Lipinski definition) is 8. The normalized spacial score (nSPS) is 26.0. The van der Waals surface area contributed by atoms with Crippen LogP contribution in [0.4, 0.5) is 0 Å². The molecule has 0 radical (unpaired) electrons. The van der Waals surface area contributed by atoms with E-state index in [-0.39, 0.29) is 19.0 Å². The van der Waals surface area contributed by atoms with E-state index in [2.05, 4.69) is 0 Å². The van der Waals surface area contributed by atoms with Gasteiger partial charge in [-0.1, -0.05) is 60.7 Å². The standard InChI is InChI=1S/C27H30O7S/c1-18(28)25-19(2)34-27(17-30-14-21-10-6-4-7-11-21)26(35-25)24(33-20(3)29)23(16-32-27)31-15-22-12-8-5-9-13-22/h4-13,23-24,26H,14-17H2,1-3H3/t23-,24+,26-,27-/m0/s1. The van der Waals surface area contributed by atoms with Crippen LogP contribution in [0.25, 0.3) is 0 Å². The van der Waals surface area contributed by atoms with E-state index >= 15 is 0 Å². The summed E-state index contributed by atoms with van der Waals surface area (Å²) in [5.74, 6) is -1.34. The lowest BCUT2D eigenvalue weighted by molar-refractivity contribution is -0.299. The van der Waals surface area contributed by atoms with Crippen molar-refractivity contribution in [3.63, 3.8) is 0 Å². The molecule has 0 spiro atoms. The first-order valence-electron chi connectivity index (χ1n) is 11.5. The lowest BCUT2D eigenvalue weighted by atomic mass is 9.99. The summed E-state index contributed by atoms with van der Waals surface area (Å²) in [7, 11) is 0. The molecule has 4 rings (SSSR count). The van der Waals surface area contributed by atoms with Gasteiger partial charge in [-0.2, -0.15) is 0 Å². The van der Waals surface area contributed by atoms with Crippen molar-refractivity contribution < 1.29 is 33.3 Å². The molecule has 8 heteroatoms. The van der Waals surface area contributed by atoms with Crippen LogP contribution in [0, 0.1) is 0 Å². The number of ether oxygens (including phenoxy) is 5. The summed E-state index contributed by atoms with van der Waals surface area (Å²) in [4.78, 5) is 24.9. The Balaban J connectivity index is 1.58. The summed E-state index contributed by atoms with van der Waals surface area (Å²) in [5.41, 5.74) is 2.00. The van der Waals surface area contributed by atoms with Gasteiger partial charge in [-0.3, -0.25) is 9.59 Å². The number of hydrogen-bond donors (Lipinski definition) is 0. The summed E-state index contributed by atoms with van der Waals surface area (Å²) < 4.78 is 30.5. The summed E-state index contributed by atoms with van der Waals surface area (Å²) in [5, 5.41) is -0.570. The Bertz CT molecular complexity index is 1060. The molecule has 2 aromatic carbocycles. The Hall–Kier alpha value is -2.65. The van der Waals surface area contributed by atoms with Crippen LogP contribution in [0.3, 0.4) is 0 Å². The van der Waals surface area contributed by atoms with Crippen LogP contribution in [0.1, 0.15) is 31.9 Å². The molecular weight excluding hydrogens is 468 g/mol. The SMILES string of the molecule is CC(=O)O[C@@H]1[C@@H](OCc2ccccc2)CO[C@@]2(COCc3ccccc3)OC(C)=C(C(C)=O)S[C@@H]12. The minimum atomic E-state index is -1.24. The van der Waals surface area contributed by atoms with E-state index in [1.54, 1.807) is 6.92 Å². The van der Waals surface area contributed by atoms with Crippen molar-refractivity contribution in [2.24, 2.45) is 0 Å². The zero-order chi connectivity index (χ0) is 24.8. The Morgan fingerprint density at radius 3 is 2.23 bits per heavy atom. The minimum absolute atomic E-state index is 0.0885. The second-order valence-corrected chi connectivity index (χ2v) is 9.74. The molecule has 35 heavy (non-hydrogen) atoms. The largest absolute Gasteiger partial charge is 0.462 e. The van der Waals surface area contributed by atoms with Gasteiger partial charge in [0.15, 0.2) is 5.78 Å². The average Bonchev–Trinajstić information content (AvgIpc) is 2.84. The Labute approximate surface area is 209 Å². The van der Waals surface area contributed by atoms with Crippen LogP contribution in [-0.4, -0.2) is 48.2 Å². The van der Waals surface area contributed by atoms with Gasteiger partial charge in [0.1, 0.15) is 29.8 Å². The van der Waals surface area contributed by atoms with Crippen molar-refractivity contribution in [3.8, 4) is 0 Å². The number of ketones is 1. The molecule has 0 aromatic heterocycles. The Morgan fingerprint density at radius 1 is 1.00 bits per heavy atom. The van der Waals surface area contributed by atoms with E-state index in [0.717, 1.165) is 11.1 Å². The van der Waals surface area contributed by atoms with Crippen molar-refractivity contribution in [3.05, 3.63) is 82.5 Å². The smallest absolute Gasteiger partial charge is 0.303 e. The average molecular weight is 499 g/mol. The highest BCUT2D eigenvalue weighted by Crippen LogP contribution is 2.47. The fourth-order valence-corrected chi connectivity index (χ4v) is 5.58. The maximum atomic E-state index is 12.3. The molecule has 2 heterocycles. The molecule has 7 nitrogen and oxygen atoms in total. The first-order valence-corrected chi connectivity index (χ1v) is 12.4. The second-order valence-electron chi connectivity index (χ2n) is 8.59. The predicted molar refractivity (Wildman–Crippen MR) is 131 cm³/mol. The van der Waals surface area contributed by atoms with Crippen molar-refractivity contribution >= 4 is 23.5 Å². The molecule has 1 saturated heterocycles. The highest BCUT2D eigenvalue weighted by Gasteiger charge is 2.58. The number of allylic oxidation sites excluding steroid dienone is 2. The fourth-order valence-electron chi connectivity index (χ4n) is 4.22. The predicted octanol–water partition coefficient (Wildman–Crippen LogP) is 4.40. The highest BCUT2D eigenvalue weighted by atomic mass is 32.2. The van der Waals surface area contributed by atoms with Gasteiger partial charge in [0.25, 0.3) is 0 Å². The highest BCUT2D eigenvalue weighted by molar-refractivity contribution is 8.04. The molecule has 0 amide bonds. The van der Waals surface area contributed by atoms with E-state index in [0.29, 0.717) is 23.9 Å². The molecule has 0 N–H and O–H groups in total. The lowest BCUT2D eigenvalue weighted by Crippen LogP contribution is -2.65. The molecule has 4 atom stereocenters. The van der Waals surface area contributed by atoms with Crippen molar-refractivity contribution in [2.75, 3.05) is 13.2 Å². The molecular formula is C27H30O7S.